The third kappa shape index (κ3) is 4.71. The Morgan fingerprint density at radius 3 is 2.24 bits per heavy atom. The van der Waals surface area contributed by atoms with Gasteiger partial charge in [0.15, 0.2) is 0 Å². The molecule has 2 rings (SSSR count). The highest BCUT2D eigenvalue weighted by atomic mass is 79.9. The molecule has 1 amide bonds. The van der Waals surface area contributed by atoms with E-state index in [-0.39, 0.29) is 5.92 Å². The number of nitrogens with one attached hydrogen (secondary N) is 1. The van der Waals surface area contributed by atoms with Gasteiger partial charge < -0.3 is 5.32 Å². The molecule has 2 atom stereocenters. The Morgan fingerprint density at radius 2 is 1.67 bits per heavy atom. The molecule has 2 aliphatic carbocycles. The average Bonchev–Trinajstić information content (AvgIpc) is 2.91. The maximum Gasteiger partial charge on any atom is 0.223 e. The quantitative estimate of drug-likeness (QED) is 0.721. The summed E-state index contributed by atoms with van der Waals surface area (Å²) in [6.45, 7) is 7.89. The summed E-state index contributed by atoms with van der Waals surface area (Å²) >= 11 is 3.61. The highest BCUT2D eigenvalue weighted by Gasteiger charge is 2.33. The van der Waals surface area contributed by atoms with E-state index in [2.05, 4.69) is 42.0 Å². The molecule has 0 radical (unpaired) electrons. The van der Waals surface area contributed by atoms with E-state index in [0.717, 1.165) is 36.6 Å². The summed E-state index contributed by atoms with van der Waals surface area (Å²) in [7, 11) is 0. The molecule has 2 aliphatic rings. The molecular formula is C18H32BrNO. The zero-order chi connectivity index (χ0) is 15.5. The van der Waals surface area contributed by atoms with Gasteiger partial charge in [-0.25, -0.2) is 0 Å². The Kier molecular flexibility index (Phi) is 6.16. The van der Waals surface area contributed by atoms with Crippen molar-refractivity contribution in [3.63, 3.8) is 0 Å². The number of carbonyl (C=O) groups excluding carboxylic acids is 1. The van der Waals surface area contributed by atoms with Gasteiger partial charge in [-0.3, -0.25) is 4.79 Å². The fraction of sp³-hybridized carbons (Fsp3) is 0.944. The standard InChI is InChI=1S/C18H32BrNO/c1-18(2,3)16-9-7-13(8-10-16)17(21)20-12-15-6-4-5-14(15)11-19/h13-16H,4-12H2,1-3H3,(H,20,21). The van der Waals surface area contributed by atoms with E-state index in [1.54, 1.807) is 0 Å². The maximum absolute atomic E-state index is 12.4. The zero-order valence-corrected chi connectivity index (χ0v) is 15.5. The molecule has 21 heavy (non-hydrogen) atoms. The van der Waals surface area contributed by atoms with Crippen LogP contribution >= 0.6 is 15.9 Å². The van der Waals surface area contributed by atoms with Crippen LogP contribution in [0.3, 0.4) is 0 Å². The van der Waals surface area contributed by atoms with E-state index in [9.17, 15) is 4.79 Å². The lowest BCUT2D eigenvalue weighted by Crippen LogP contribution is -2.38. The summed E-state index contributed by atoms with van der Waals surface area (Å²) in [6.07, 6.45) is 8.54. The first-order chi connectivity index (χ1) is 9.91. The third-order valence-electron chi connectivity index (χ3n) is 5.88. The lowest BCUT2D eigenvalue weighted by molar-refractivity contribution is -0.126. The summed E-state index contributed by atoms with van der Waals surface area (Å²) in [6, 6.07) is 0. The SMILES string of the molecule is CC(C)(C)C1CCC(C(=O)NCC2CCCC2CBr)CC1. The molecule has 2 fully saturated rings. The summed E-state index contributed by atoms with van der Waals surface area (Å²) in [5, 5.41) is 4.34. The molecule has 1 N–H and O–H groups in total. The van der Waals surface area contributed by atoms with E-state index in [0.29, 0.717) is 17.2 Å². The van der Waals surface area contributed by atoms with Crippen molar-refractivity contribution in [3.05, 3.63) is 0 Å². The van der Waals surface area contributed by atoms with E-state index >= 15 is 0 Å². The van der Waals surface area contributed by atoms with E-state index in [1.165, 1.54) is 32.1 Å². The van der Waals surface area contributed by atoms with Gasteiger partial charge in [0.25, 0.3) is 0 Å². The first-order valence-electron chi connectivity index (χ1n) is 8.75. The highest BCUT2D eigenvalue weighted by molar-refractivity contribution is 9.09. The van der Waals surface area contributed by atoms with Crippen molar-refractivity contribution in [1.82, 2.24) is 5.32 Å². The molecule has 0 aromatic carbocycles. The monoisotopic (exact) mass is 357 g/mol. The van der Waals surface area contributed by atoms with Crippen LogP contribution in [-0.2, 0) is 4.79 Å². The van der Waals surface area contributed by atoms with E-state index in [4.69, 9.17) is 0 Å². The van der Waals surface area contributed by atoms with Crippen LogP contribution in [0.5, 0.6) is 0 Å². The van der Waals surface area contributed by atoms with Crippen molar-refractivity contribution in [2.24, 2.45) is 29.1 Å². The predicted octanol–water partition coefficient (Wildman–Crippen LogP) is 4.77. The van der Waals surface area contributed by atoms with Crippen molar-refractivity contribution in [2.45, 2.75) is 65.7 Å². The van der Waals surface area contributed by atoms with Gasteiger partial charge >= 0.3 is 0 Å². The molecule has 2 unspecified atom stereocenters. The number of carbonyl (C=O) groups is 1. The van der Waals surface area contributed by atoms with Gasteiger partial charge in [-0.05, 0) is 61.7 Å². The largest absolute Gasteiger partial charge is 0.356 e. The number of hydrogen-bond donors (Lipinski definition) is 1. The molecule has 0 aliphatic heterocycles. The van der Waals surface area contributed by atoms with Crippen LogP contribution in [0.4, 0.5) is 0 Å². The third-order valence-corrected chi connectivity index (χ3v) is 6.71. The highest BCUT2D eigenvalue weighted by Crippen LogP contribution is 2.40. The lowest BCUT2D eigenvalue weighted by atomic mass is 9.69. The van der Waals surface area contributed by atoms with Gasteiger partial charge in [0.1, 0.15) is 0 Å². The van der Waals surface area contributed by atoms with Gasteiger partial charge in [0.2, 0.25) is 5.91 Å². The lowest BCUT2D eigenvalue weighted by Gasteiger charge is -2.36. The van der Waals surface area contributed by atoms with E-state index < -0.39 is 0 Å². The topological polar surface area (TPSA) is 29.1 Å². The van der Waals surface area contributed by atoms with Gasteiger partial charge in [-0.2, -0.15) is 0 Å². The van der Waals surface area contributed by atoms with Crippen LogP contribution in [0, 0.1) is 29.1 Å². The minimum Gasteiger partial charge on any atom is -0.356 e. The second-order valence-electron chi connectivity index (χ2n) is 8.27. The molecule has 122 valence electrons. The average molecular weight is 358 g/mol. The van der Waals surface area contributed by atoms with Crippen LogP contribution in [0.1, 0.15) is 65.7 Å². The molecule has 0 spiro atoms. The molecule has 0 aromatic heterocycles. The summed E-state index contributed by atoms with van der Waals surface area (Å²) in [5.41, 5.74) is 0.397. The fourth-order valence-corrected chi connectivity index (χ4v) is 5.04. The summed E-state index contributed by atoms with van der Waals surface area (Å²) in [4.78, 5) is 12.4. The molecule has 0 bridgehead atoms. The first kappa shape index (κ1) is 17.3. The Morgan fingerprint density at radius 1 is 1.05 bits per heavy atom. The number of rotatable bonds is 4. The Labute approximate surface area is 139 Å². The van der Waals surface area contributed by atoms with Gasteiger partial charge in [0, 0.05) is 17.8 Å². The number of halogens is 1. The zero-order valence-electron chi connectivity index (χ0n) is 14.0. The molecule has 2 nitrogen and oxygen atoms in total. The summed E-state index contributed by atoms with van der Waals surface area (Å²) < 4.78 is 0. The van der Waals surface area contributed by atoms with Crippen LogP contribution in [0.15, 0.2) is 0 Å². The molecule has 0 saturated heterocycles. The predicted molar refractivity (Wildman–Crippen MR) is 92.5 cm³/mol. The Hall–Kier alpha value is -0.0500. The van der Waals surface area contributed by atoms with Crippen LogP contribution in [0.25, 0.3) is 0 Å². The van der Waals surface area contributed by atoms with Crippen molar-refractivity contribution in [1.29, 1.82) is 0 Å². The van der Waals surface area contributed by atoms with Crippen LogP contribution in [0.2, 0.25) is 0 Å². The van der Waals surface area contributed by atoms with Crippen LogP contribution in [-0.4, -0.2) is 17.8 Å². The molecular weight excluding hydrogens is 326 g/mol. The van der Waals surface area contributed by atoms with Gasteiger partial charge in [-0.15, -0.1) is 0 Å². The maximum atomic E-state index is 12.4. The van der Waals surface area contributed by atoms with Crippen molar-refractivity contribution in [3.8, 4) is 0 Å². The molecule has 2 saturated carbocycles. The van der Waals surface area contributed by atoms with Gasteiger partial charge in [0.05, 0.1) is 0 Å². The smallest absolute Gasteiger partial charge is 0.223 e. The van der Waals surface area contributed by atoms with E-state index in [1.807, 2.05) is 0 Å². The number of alkyl halides is 1. The molecule has 0 aromatic rings. The minimum atomic E-state index is 0.271. The molecule has 3 heteroatoms. The van der Waals surface area contributed by atoms with Crippen molar-refractivity contribution >= 4 is 21.8 Å². The molecule has 0 heterocycles. The minimum absolute atomic E-state index is 0.271. The van der Waals surface area contributed by atoms with Crippen molar-refractivity contribution in [2.75, 3.05) is 11.9 Å². The first-order valence-corrected chi connectivity index (χ1v) is 9.87. The van der Waals surface area contributed by atoms with Crippen LogP contribution < -0.4 is 5.32 Å². The summed E-state index contributed by atoms with van der Waals surface area (Å²) in [5.74, 6) is 2.84. The second kappa shape index (κ2) is 7.48. The second-order valence-corrected chi connectivity index (χ2v) is 8.91. The Bertz CT molecular complexity index is 342. The Balaban J connectivity index is 1.73. The van der Waals surface area contributed by atoms with Crippen molar-refractivity contribution < 1.29 is 4.79 Å². The van der Waals surface area contributed by atoms with Gasteiger partial charge in [-0.1, -0.05) is 43.1 Å². The fourth-order valence-electron chi connectivity index (χ4n) is 4.18. The normalized spacial score (nSPS) is 33.9. The number of amides is 1. The number of hydrogen-bond acceptors (Lipinski definition) is 1.